The van der Waals surface area contributed by atoms with Crippen LogP contribution in [0.1, 0.15) is 18.4 Å². The van der Waals surface area contributed by atoms with Crippen molar-refractivity contribution in [2.45, 2.75) is 24.8 Å². The van der Waals surface area contributed by atoms with E-state index in [-0.39, 0.29) is 5.54 Å². The van der Waals surface area contributed by atoms with Crippen LogP contribution in [0.2, 0.25) is 0 Å². The van der Waals surface area contributed by atoms with Crippen LogP contribution in [0.5, 0.6) is 5.75 Å². The molecule has 0 aliphatic heterocycles. The highest BCUT2D eigenvalue weighted by atomic mass is 79.9. The number of halogens is 1. The fourth-order valence-corrected chi connectivity index (χ4v) is 1.97. The van der Waals surface area contributed by atoms with Crippen molar-refractivity contribution in [3.63, 3.8) is 0 Å². The number of hydrogen-bond donors (Lipinski definition) is 1. The Kier molecular flexibility index (Phi) is 2.54. The van der Waals surface area contributed by atoms with E-state index in [4.69, 9.17) is 10.5 Å². The number of rotatable bonds is 3. The Morgan fingerprint density at radius 3 is 2.79 bits per heavy atom. The van der Waals surface area contributed by atoms with Crippen molar-refractivity contribution in [3.05, 3.63) is 28.2 Å². The molecule has 2 N–H and O–H groups in total. The summed E-state index contributed by atoms with van der Waals surface area (Å²) >= 11 is 3.43. The van der Waals surface area contributed by atoms with Crippen LogP contribution >= 0.6 is 15.9 Å². The average molecular weight is 256 g/mol. The van der Waals surface area contributed by atoms with Crippen molar-refractivity contribution in [1.29, 1.82) is 0 Å². The molecule has 2 nitrogen and oxygen atoms in total. The minimum Gasteiger partial charge on any atom is -0.496 e. The average Bonchev–Trinajstić information content (AvgIpc) is 2.87. The highest BCUT2D eigenvalue weighted by Gasteiger charge is 2.37. The lowest BCUT2D eigenvalue weighted by molar-refractivity contribution is 0.411. The molecule has 0 saturated heterocycles. The van der Waals surface area contributed by atoms with E-state index in [1.807, 2.05) is 6.07 Å². The summed E-state index contributed by atoms with van der Waals surface area (Å²) in [6.07, 6.45) is 3.24. The van der Waals surface area contributed by atoms with Crippen molar-refractivity contribution < 1.29 is 4.74 Å². The van der Waals surface area contributed by atoms with Gasteiger partial charge < -0.3 is 10.5 Å². The van der Waals surface area contributed by atoms with Gasteiger partial charge in [-0.15, -0.1) is 0 Å². The molecule has 1 aliphatic carbocycles. The molecule has 1 aromatic rings. The standard InChI is InChI=1S/C11H14BrNO/c1-14-10-6-8(2-3-9(10)12)7-11(13)4-5-11/h2-3,6H,4-5,7,13H2,1H3. The molecule has 3 heteroatoms. The van der Waals surface area contributed by atoms with Crippen molar-refractivity contribution in [1.82, 2.24) is 0 Å². The number of ether oxygens (including phenoxy) is 1. The van der Waals surface area contributed by atoms with Gasteiger partial charge in [-0.2, -0.15) is 0 Å². The molecular weight excluding hydrogens is 242 g/mol. The van der Waals surface area contributed by atoms with Gasteiger partial charge in [0.2, 0.25) is 0 Å². The lowest BCUT2D eigenvalue weighted by Crippen LogP contribution is -2.24. The molecule has 0 spiro atoms. The molecule has 0 bridgehead atoms. The molecule has 76 valence electrons. The normalized spacial score (nSPS) is 17.9. The smallest absolute Gasteiger partial charge is 0.133 e. The van der Waals surface area contributed by atoms with E-state index < -0.39 is 0 Å². The SMILES string of the molecule is COc1cc(CC2(N)CC2)ccc1Br. The first-order valence-electron chi connectivity index (χ1n) is 4.74. The summed E-state index contributed by atoms with van der Waals surface area (Å²) < 4.78 is 6.22. The molecule has 1 aliphatic rings. The Balaban J connectivity index is 2.18. The zero-order valence-corrected chi connectivity index (χ0v) is 9.80. The van der Waals surface area contributed by atoms with Gasteiger partial charge in [0.05, 0.1) is 11.6 Å². The van der Waals surface area contributed by atoms with E-state index in [2.05, 4.69) is 28.1 Å². The minimum atomic E-state index is 0.0683. The van der Waals surface area contributed by atoms with Gasteiger partial charge in [0.15, 0.2) is 0 Å². The van der Waals surface area contributed by atoms with E-state index in [9.17, 15) is 0 Å². The largest absolute Gasteiger partial charge is 0.496 e. The van der Waals surface area contributed by atoms with Crippen LogP contribution < -0.4 is 10.5 Å². The third kappa shape index (κ3) is 2.10. The molecule has 2 rings (SSSR count). The summed E-state index contributed by atoms with van der Waals surface area (Å²) in [6, 6.07) is 6.16. The second-order valence-corrected chi connectivity index (χ2v) is 4.86. The monoisotopic (exact) mass is 255 g/mol. The van der Waals surface area contributed by atoms with Gasteiger partial charge >= 0.3 is 0 Å². The van der Waals surface area contributed by atoms with E-state index in [1.165, 1.54) is 5.56 Å². The van der Waals surface area contributed by atoms with Crippen LogP contribution in [0.3, 0.4) is 0 Å². The highest BCUT2D eigenvalue weighted by Crippen LogP contribution is 2.37. The number of hydrogen-bond acceptors (Lipinski definition) is 2. The van der Waals surface area contributed by atoms with Crippen LogP contribution in [0.15, 0.2) is 22.7 Å². The first-order chi connectivity index (χ1) is 6.63. The molecule has 1 aromatic carbocycles. The van der Waals surface area contributed by atoms with Crippen LogP contribution in [0.4, 0.5) is 0 Å². The Bertz CT molecular complexity index is 347. The molecule has 0 unspecified atom stereocenters. The Morgan fingerprint density at radius 2 is 2.21 bits per heavy atom. The molecule has 0 atom stereocenters. The third-order valence-electron chi connectivity index (χ3n) is 2.66. The quantitative estimate of drug-likeness (QED) is 0.901. The third-order valence-corrected chi connectivity index (χ3v) is 3.32. The summed E-state index contributed by atoms with van der Waals surface area (Å²) in [5.74, 6) is 0.881. The van der Waals surface area contributed by atoms with E-state index in [1.54, 1.807) is 7.11 Å². The molecule has 0 heterocycles. The summed E-state index contributed by atoms with van der Waals surface area (Å²) in [5.41, 5.74) is 7.38. The fraction of sp³-hybridized carbons (Fsp3) is 0.455. The Hall–Kier alpha value is -0.540. The fourth-order valence-electron chi connectivity index (χ4n) is 1.56. The Morgan fingerprint density at radius 1 is 1.50 bits per heavy atom. The molecule has 0 radical (unpaired) electrons. The molecule has 1 saturated carbocycles. The van der Waals surface area contributed by atoms with Gasteiger partial charge in [-0.3, -0.25) is 0 Å². The van der Waals surface area contributed by atoms with Crippen molar-refractivity contribution in [3.8, 4) is 5.75 Å². The minimum absolute atomic E-state index is 0.0683. The van der Waals surface area contributed by atoms with Gasteiger partial charge in [0, 0.05) is 5.54 Å². The number of benzene rings is 1. The summed E-state index contributed by atoms with van der Waals surface area (Å²) in [4.78, 5) is 0. The zero-order chi connectivity index (χ0) is 10.2. The van der Waals surface area contributed by atoms with Gasteiger partial charge in [-0.05, 0) is 52.9 Å². The van der Waals surface area contributed by atoms with Gasteiger partial charge in [0.25, 0.3) is 0 Å². The molecule has 0 aromatic heterocycles. The summed E-state index contributed by atoms with van der Waals surface area (Å²) in [7, 11) is 1.68. The maximum Gasteiger partial charge on any atom is 0.133 e. The van der Waals surface area contributed by atoms with E-state index in [0.29, 0.717) is 0 Å². The second kappa shape index (κ2) is 3.55. The predicted octanol–water partition coefficient (Wildman–Crippen LogP) is 2.49. The second-order valence-electron chi connectivity index (χ2n) is 4.01. The number of methoxy groups -OCH3 is 1. The van der Waals surface area contributed by atoms with Gasteiger partial charge in [-0.25, -0.2) is 0 Å². The summed E-state index contributed by atoms with van der Waals surface area (Å²) in [5, 5.41) is 0. The van der Waals surface area contributed by atoms with Crippen LogP contribution in [-0.4, -0.2) is 12.6 Å². The lowest BCUT2D eigenvalue weighted by Gasteiger charge is -2.10. The van der Waals surface area contributed by atoms with Gasteiger partial charge in [0.1, 0.15) is 5.75 Å². The highest BCUT2D eigenvalue weighted by molar-refractivity contribution is 9.10. The Labute approximate surface area is 92.6 Å². The maximum absolute atomic E-state index is 6.06. The summed E-state index contributed by atoms with van der Waals surface area (Å²) in [6.45, 7) is 0. The maximum atomic E-state index is 6.06. The molecule has 1 fully saturated rings. The molecule has 0 amide bonds. The molecule has 14 heavy (non-hydrogen) atoms. The van der Waals surface area contributed by atoms with E-state index >= 15 is 0 Å². The van der Waals surface area contributed by atoms with Crippen molar-refractivity contribution >= 4 is 15.9 Å². The first kappa shape index (κ1) is 9.99. The molecular formula is C11H14BrNO. The predicted molar refractivity (Wildman–Crippen MR) is 60.6 cm³/mol. The van der Waals surface area contributed by atoms with E-state index in [0.717, 1.165) is 29.5 Å². The first-order valence-corrected chi connectivity index (χ1v) is 5.54. The van der Waals surface area contributed by atoms with Crippen LogP contribution in [-0.2, 0) is 6.42 Å². The lowest BCUT2D eigenvalue weighted by atomic mass is 10.1. The van der Waals surface area contributed by atoms with Gasteiger partial charge in [-0.1, -0.05) is 6.07 Å². The van der Waals surface area contributed by atoms with Crippen molar-refractivity contribution in [2.24, 2.45) is 5.73 Å². The van der Waals surface area contributed by atoms with Crippen LogP contribution in [0, 0.1) is 0 Å². The number of nitrogens with two attached hydrogens (primary N) is 1. The van der Waals surface area contributed by atoms with Crippen molar-refractivity contribution in [2.75, 3.05) is 7.11 Å². The topological polar surface area (TPSA) is 35.2 Å². The zero-order valence-electron chi connectivity index (χ0n) is 8.22. The van der Waals surface area contributed by atoms with Crippen LogP contribution in [0.25, 0.3) is 0 Å².